The lowest BCUT2D eigenvalue weighted by Crippen LogP contribution is -2.55. The fourth-order valence-corrected chi connectivity index (χ4v) is 6.25. The Morgan fingerprint density at radius 1 is 1.21 bits per heavy atom. The number of hydrogen-bond donors (Lipinski definition) is 2. The Hall–Kier alpha value is -2.71. The van der Waals surface area contributed by atoms with Crippen LogP contribution in [-0.4, -0.2) is 56.9 Å². The van der Waals surface area contributed by atoms with Crippen molar-refractivity contribution in [3.8, 4) is 0 Å². The summed E-state index contributed by atoms with van der Waals surface area (Å²) in [5.74, 6) is 0.110. The fraction of sp³-hybridized carbons (Fsp3) is 0.480. The molecule has 2 fully saturated rings. The number of nitrogens with one attached hydrogen (secondary N) is 2. The number of piperidine rings is 1. The van der Waals surface area contributed by atoms with E-state index >= 15 is 0 Å². The molecule has 0 bridgehead atoms. The molecule has 5 rings (SSSR count). The molecule has 2 saturated heterocycles. The van der Waals surface area contributed by atoms with Crippen LogP contribution in [0, 0.1) is 12.8 Å². The molecule has 2 N–H and O–H groups in total. The molecule has 3 amide bonds. The van der Waals surface area contributed by atoms with E-state index in [-0.39, 0.29) is 17.9 Å². The van der Waals surface area contributed by atoms with E-state index in [1.807, 2.05) is 25.4 Å². The maximum absolute atomic E-state index is 13.5. The third-order valence-electron chi connectivity index (χ3n) is 7.43. The Kier molecular flexibility index (Phi) is 5.97. The van der Waals surface area contributed by atoms with Crippen molar-refractivity contribution in [2.75, 3.05) is 19.6 Å². The zero-order chi connectivity index (χ0) is 23.0. The van der Waals surface area contributed by atoms with Gasteiger partial charge in [-0.15, -0.1) is 11.3 Å². The number of aromatic nitrogens is 2. The van der Waals surface area contributed by atoms with Gasteiger partial charge in [0.15, 0.2) is 0 Å². The molecule has 0 aliphatic carbocycles. The van der Waals surface area contributed by atoms with Crippen LogP contribution >= 0.6 is 11.3 Å². The highest BCUT2D eigenvalue weighted by Crippen LogP contribution is 2.36. The third-order valence-corrected chi connectivity index (χ3v) is 8.43. The van der Waals surface area contributed by atoms with Gasteiger partial charge in [0.25, 0.3) is 5.91 Å². The van der Waals surface area contributed by atoms with Crippen molar-refractivity contribution in [3.05, 3.63) is 52.1 Å². The number of amides is 3. The van der Waals surface area contributed by atoms with Crippen molar-refractivity contribution in [1.29, 1.82) is 0 Å². The lowest BCUT2D eigenvalue weighted by molar-refractivity contribution is -0.134. The number of imide groups is 1. The molecule has 2 aliphatic heterocycles. The van der Waals surface area contributed by atoms with Crippen LogP contribution in [0.5, 0.6) is 0 Å². The monoisotopic (exact) mass is 465 g/mol. The summed E-state index contributed by atoms with van der Waals surface area (Å²) in [7, 11) is 0. The first-order valence-electron chi connectivity index (χ1n) is 11.8. The number of hydrogen-bond acceptors (Lipinski definition) is 5. The highest BCUT2D eigenvalue weighted by Gasteiger charge is 2.54. The molecule has 7 nitrogen and oxygen atoms in total. The van der Waals surface area contributed by atoms with Crippen molar-refractivity contribution in [3.63, 3.8) is 0 Å². The van der Waals surface area contributed by atoms with Crippen molar-refractivity contribution < 1.29 is 9.59 Å². The number of carbonyl (C=O) groups is 2. The summed E-state index contributed by atoms with van der Waals surface area (Å²) in [6.07, 6.45) is 3.10. The van der Waals surface area contributed by atoms with E-state index in [1.54, 1.807) is 11.3 Å². The molecule has 1 atom stereocenters. The van der Waals surface area contributed by atoms with E-state index in [4.69, 9.17) is 0 Å². The molecule has 4 heterocycles. The van der Waals surface area contributed by atoms with Crippen LogP contribution in [0.4, 0.5) is 4.79 Å². The van der Waals surface area contributed by atoms with Gasteiger partial charge in [0.2, 0.25) is 0 Å². The summed E-state index contributed by atoms with van der Waals surface area (Å²) in [5.41, 5.74) is 4.41. The summed E-state index contributed by atoms with van der Waals surface area (Å²) >= 11 is 1.58. The molecular formula is C25H31N5O2S. The smallest absolute Gasteiger partial charge is 0.325 e. The van der Waals surface area contributed by atoms with Gasteiger partial charge in [0.05, 0.1) is 11.2 Å². The Balaban J connectivity index is 1.22. The number of rotatable bonds is 7. The normalized spacial score (nSPS) is 22.4. The number of para-hydroxylation sites is 1. The van der Waals surface area contributed by atoms with Crippen LogP contribution in [0.2, 0.25) is 0 Å². The van der Waals surface area contributed by atoms with E-state index in [0.717, 1.165) is 43.0 Å². The van der Waals surface area contributed by atoms with Gasteiger partial charge in [0, 0.05) is 35.6 Å². The van der Waals surface area contributed by atoms with E-state index in [1.165, 1.54) is 21.5 Å². The Morgan fingerprint density at radius 2 is 2.00 bits per heavy atom. The number of aromatic amines is 1. The third kappa shape index (κ3) is 4.06. The summed E-state index contributed by atoms with van der Waals surface area (Å²) in [6, 6.07) is 10.3. The van der Waals surface area contributed by atoms with Gasteiger partial charge < -0.3 is 10.3 Å². The standard InChI is InChI=1S/C25H31N5O2S/c1-3-25(23(31)30(24(32)28-25)13-10-22-17(2)26-16-33-22)19-8-11-29(12-9-19)15-20-14-18-6-4-5-7-21(18)27-20/h4-7,14,16,19,27H,3,8-13,15H2,1-2H3,(H,28,32)/t25-/m1/s1. The molecule has 33 heavy (non-hydrogen) atoms. The molecule has 0 radical (unpaired) electrons. The van der Waals surface area contributed by atoms with E-state index in [2.05, 4.69) is 44.5 Å². The van der Waals surface area contributed by atoms with Crippen LogP contribution in [0.3, 0.4) is 0 Å². The fourth-order valence-electron chi connectivity index (χ4n) is 5.48. The largest absolute Gasteiger partial charge is 0.357 e. The number of benzene rings is 1. The number of likely N-dealkylation sites (tertiary alicyclic amines) is 1. The van der Waals surface area contributed by atoms with Gasteiger partial charge in [-0.1, -0.05) is 25.1 Å². The number of aryl methyl sites for hydroxylation is 1. The molecule has 0 spiro atoms. The summed E-state index contributed by atoms with van der Waals surface area (Å²) in [4.78, 5) is 39.1. The summed E-state index contributed by atoms with van der Waals surface area (Å²) in [6.45, 7) is 7.12. The number of thiazole rings is 1. The summed E-state index contributed by atoms with van der Waals surface area (Å²) in [5, 5.41) is 4.35. The van der Waals surface area contributed by atoms with E-state index in [9.17, 15) is 9.59 Å². The highest BCUT2D eigenvalue weighted by molar-refractivity contribution is 7.09. The molecule has 0 unspecified atom stereocenters. The molecule has 1 aromatic carbocycles. The number of carbonyl (C=O) groups excluding carboxylic acids is 2. The number of fused-ring (bicyclic) bond motifs is 1. The minimum Gasteiger partial charge on any atom is -0.357 e. The van der Waals surface area contributed by atoms with Gasteiger partial charge in [-0.3, -0.25) is 14.6 Å². The number of urea groups is 1. The second kappa shape index (κ2) is 8.91. The quantitative estimate of drug-likeness (QED) is 0.515. The molecule has 8 heteroatoms. The van der Waals surface area contributed by atoms with E-state index < -0.39 is 5.54 Å². The molecular weight excluding hydrogens is 434 g/mol. The van der Waals surface area contributed by atoms with Crippen molar-refractivity contribution in [1.82, 2.24) is 25.1 Å². The molecule has 174 valence electrons. The minimum atomic E-state index is -0.771. The van der Waals surface area contributed by atoms with Crippen molar-refractivity contribution in [2.24, 2.45) is 5.92 Å². The van der Waals surface area contributed by atoms with Crippen LogP contribution in [0.25, 0.3) is 10.9 Å². The van der Waals surface area contributed by atoms with Crippen LogP contribution in [-0.2, 0) is 17.8 Å². The van der Waals surface area contributed by atoms with Crippen molar-refractivity contribution in [2.45, 2.75) is 51.6 Å². The topological polar surface area (TPSA) is 81.3 Å². The van der Waals surface area contributed by atoms with Gasteiger partial charge in [-0.2, -0.15) is 0 Å². The Labute approximate surface area is 198 Å². The second-order valence-corrected chi connectivity index (χ2v) is 10.2. The SMILES string of the molecule is CC[C@]1(C2CCN(Cc3cc4ccccc4[nH]3)CC2)NC(=O)N(CCc2scnc2C)C1=O. The van der Waals surface area contributed by atoms with Crippen LogP contribution < -0.4 is 5.32 Å². The Bertz CT molecular complexity index is 1130. The Morgan fingerprint density at radius 3 is 2.70 bits per heavy atom. The van der Waals surface area contributed by atoms with Crippen LogP contribution in [0.15, 0.2) is 35.8 Å². The zero-order valence-corrected chi connectivity index (χ0v) is 20.1. The van der Waals surface area contributed by atoms with Gasteiger partial charge >= 0.3 is 6.03 Å². The molecule has 2 aromatic heterocycles. The first kappa shape index (κ1) is 22.1. The maximum atomic E-state index is 13.5. The maximum Gasteiger partial charge on any atom is 0.325 e. The predicted molar refractivity (Wildman–Crippen MR) is 130 cm³/mol. The average Bonchev–Trinajstić information content (AvgIpc) is 3.49. The lowest BCUT2D eigenvalue weighted by atomic mass is 9.75. The average molecular weight is 466 g/mol. The molecule has 2 aliphatic rings. The minimum absolute atomic E-state index is 0.0498. The zero-order valence-electron chi connectivity index (χ0n) is 19.3. The molecule has 0 saturated carbocycles. The van der Waals surface area contributed by atoms with Crippen LogP contribution in [0.1, 0.15) is 42.5 Å². The predicted octanol–water partition coefficient (Wildman–Crippen LogP) is 4.09. The first-order valence-corrected chi connectivity index (χ1v) is 12.7. The highest BCUT2D eigenvalue weighted by atomic mass is 32.1. The number of H-pyrrole nitrogens is 1. The van der Waals surface area contributed by atoms with Crippen molar-refractivity contribution >= 4 is 34.2 Å². The second-order valence-electron chi connectivity index (χ2n) is 9.26. The van der Waals surface area contributed by atoms with Gasteiger partial charge in [-0.05, 0) is 62.7 Å². The lowest BCUT2D eigenvalue weighted by Gasteiger charge is -2.40. The van der Waals surface area contributed by atoms with Gasteiger partial charge in [0.1, 0.15) is 5.54 Å². The first-order chi connectivity index (χ1) is 16.0. The number of nitrogens with zero attached hydrogens (tertiary/aromatic N) is 3. The van der Waals surface area contributed by atoms with Gasteiger partial charge in [-0.25, -0.2) is 9.78 Å². The summed E-state index contributed by atoms with van der Waals surface area (Å²) < 4.78 is 0. The molecule has 3 aromatic rings. The van der Waals surface area contributed by atoms with E-state index in [0.29, 0.717) is 19.4 Å².